The highest BCUT2D eigenvalue weighted by Gasteiger charge is 2.15. The van der Waals surface area contributed by atoms with Gasteiger partial charge in [-0.15, -0.1) is 11.3 Å². The van der Waals surface area contributed by atoms with Crippen LogP contribution in [-0.4, -0.2) is 9.67 Å². The summed E-state index contributed by atoms with van der Waals surface area (Å²) in [7, 11) is 1.66. The van der Waals surface area contributed by atoms with Crippen molar-refractivity contribution in [3.8, 4) is 0 Å². The molecule has 1 N–H and O–H groups in total. The minimum Gasteiger partial charge on any atom is -0.408 e. The molecule has 4 nitrogen and oxygen atoms in total. The van der Waals surface area contributed by atoms with Crippen LogP contribution < -0.4 is 5.76 Å². The van der Waals surface area contributed by atoms with Crippen molar-refractivity contribution < 1.29 is 9.52 Å². The van der Waals surface area contributed by atoms with Gasteiger partial charge in [-0.05, 0) is 36.8 Å². The third kappa shape index (κ3) is 2.01. The topological polar surface area (TPSA) is 55.4 Å². The fraction of sp³-hybridized carbons (Fsp3) is 0.214. The van der Waals surface area contributed by atoms with E-state index in [9.17, 15) is 9.90 Å². The number of hydrogen-bond acceptors (Lipinski definition) is 4. The third-order valence-corrected chi connectivity index (χ3v) is 4.22. The number of aliphatic hydroxyl groups is 1. The average molecular weight is 275 g/mol. The molecule has 0 aliphatic heterocycles. The van der Waals surface area contributed by atoms with E-state index < -0.39 is 11.9 Å². The lowest BCUT2D eigenvalue weighted by molar-refractivity contribution is 0.224. The summed E-state index contributed by atoms with van der Waals surface area (Å²) in [5.74, 6) is -0.395. The van der Waals surface area contributed by atoms with E-state index in [0.717, 1.165) is 20.8 Å². The van der Waals surface area contributed by atoms with Crippen LogP contribution in [0.25, 0.3) is 11.1 Å². The first-order valence-corrected chi connectivity index (χ1v) is 6.72. The third-order valence-electron chi connectivity index (χ3n) is 3.16. The number of aliphatic hydroxyl groups excluding tert-OH is 1. The minimum atomic E-state index is -0.686. The van der Waals surface area contributed by atoms with Gasteiger partial charge in [0.1, 0.15) is 6.10 Å². The Bertz CT molecular complexity index is 796. The fourth-order valence-electron chi connectivity index (χ4n) is 2.09. The van der Waals surface area contributed by atoms with Crippen LogP contribution in [0.15, 0.2) is 39.5 Å². The molecule has 2 aromatic heterocycles. The second-order valence-corrected chi connectivity index (χ2v) is 5.82. The molecule has 5 heteroatoms. The number of aromatic nitrogens is 1. The van der Waals surface area contributed by atoms with Crippen molar-refractivity contribution in [2.45, 2.75) is 13.0 Å². The molecule has 0 saturated carbocycles. The molecule has 19 heavy (non-hydrogen) atoms. The number of rotatable bonds is 2. The van der Waals surface area contributed by atoms with Crippen molar-refractivity contribution in [3.63, 3.8) is 0 Å². The van der Waals surface area contributed by atoms with Crippen LogP contribution >= 0.6 is 11.3 Å². The molecule has 2 heterocycles. The van der Waals surface area contributed by atoms with E-state index in [1.165, 1.54) is 4.57 Å². The monoisotopic (exact) mass is 275 g/mol. The van der Waals surface area contributed by atoms with Crippen molar-refractivity contribution in [2.75, 3.05) is 0 Å². The van der Waals surface area contributed by atoms with Crippen LogP contribution in [-0.2, 0) is 7.05 Å². The molecule has 0 spiro atoms. The Labute approximate surface area is 113 Å². The Morgan fingerprint density at radius 1 is 1.32 bits per heavy atom. The second-order valence-electron chi connectivity index (χ2n) is 4.51. The molecule has 1 unspecified atom stereocenters. The van der Waals surface area contributed by atoms with Gasteiger partial charge in [-0.1, -0.05) is 6.07 Å². The molecule has 0 radical (unpaired) electrons. The number of nitrogens with zero attached hydrogens (tertiary/aromatic N) is 1. The van der Waals surface area contributed by atoms with Crippen molar-refractivity contribution in [1.82, 2.24) is 4.57 Å². The van der Waals surface area contributed by atoms with Gasteiger partial charge in [-0.2, -0.15) is 0 Å². The van der Waals surface area contributed by atoms with Crippen LogP contribution in [0, 0.1) is 6.92 Å². The highest BCUT2D eigenvalue weighted by Crippen LogP contribution is 2.29. The summed E-state index contributed by atoms with van der Waals surface area (Å²) in [5.41, 5.74) is 1.95. The van der Waals surface area contributed by atoms with Gasteiger partial charge in [0.05, 0.1) is 5.52 Å². The molecule has 0 bridgehead atoms. The molecule has 0 amide bonds. The van der Waals surface area contributed by atoms with Crippen molar-refractivity contribution in [2.24, 2.45) is 7.05 Å². The number of aryl methyl sites for hydroxylation is 2. The van der Waals surface area contributed by atoms with Crippen LogP contribution in [0.1, 0.15) is 21.4 Å². The zero-order valence-corrected chi connectivity index (χ0v) is 11.4. The molecule has 1 atom stereocenters. The number of hydrogen-bond donors (Lipinski definition) is 1. The molecule has 3 aromatic rings. The Morgan fingerprint density at radius 2 is 2.11 bits per heavy atom. The summed E-state index contributed by atoms with van der Waals surface area (Å²) in [4.78, 5) is 13.5. The Balaban J connectivity index is 2.08. The number of benzene rings is 1. The zero-order valence-electron chi connectivity index (χ0n) is 10.6. The Morgan fingerprint density at radius 3 is 2.79 bits per heavy atom. The van der Waals surface area contributed by atoms with E-state index in [1.807, 2.05) is 25.1 Å². The highest BCUT2D eigenvalue weighted by atomic mass is 32.1. The molecule has 0 aliphatic carbocycles. The lowest BCUT2D eigenvalue weighted by Crippen LogP contribution is -2.08. The normalized spacial score (nSPS) is 13.0. The first kappa shape index (κ1) is 12.2. The van der Waals surface area contributed by atoms with Gasteiger partial charge >= 0.3 is 5.76 Å². The summed E-state index contributed by atoms with van der Waals surface area (Å²) < 4.78 is 6.58. The number of thiophene rings is 1. The predicted molar refractivity (Wildman–Crippen MR) is 74.6 cm³/mol. The van der Waals surface area contributed by atoms with E-state index >= 15 is 0 Å². The maximum Gasteiger partial charge on any atom is 0.419 e. The van der Waals surface area contributed by atoms with Crippen molar-refractivity contribution in [1.29, 1.82) is 0 Å². The summed E-state index contributed by atoms with van der Waals surface area (Å²) in [6, 6.07) is 9.22. The summed E-state index contributed by atoms with van der Waals surface area (Å²) in [6.07, 6.45) is -0.686. The molecule has 0 saturated heterocycles. The second kappa shape index (κ2) is 4.36. The summed E-state index contributed by atoms with van der Waals surface area (Å²) >= 11 is 1.56. The Hall–Kier alpha value is -1.85. The molecule has 0 aliphatic rings. The maximum atomic E-state index is 11.4. The predicted octanol–water partition coefficient (Wildman–Crippen LogP) is 2.58. The van der Waals surface area contributed by atoms with Crippen LogP contribution in [0.2, 0.25) is 0 Å². The number of oxazole rings is 1. The first-order valence-electron chi connectivity index (χ1n) is 5.90. The number of fused-ring (bicyclic) bond motifs is 1. The smallest absolute Gasteiger partial charge is 0.408 e. The minimum absolute atomic E-state index is 0.395. The largest absolute Gasteiger partial charge is 0.419 e. The van der Waals surface area contributed by atoms with Gasteiger partial charge < -0.3 is 9.52 Å². The fourth-order valence-corrected chi connectivity index (χ4v) is 2.98. The molecule has 0 fully saturated rings. The van der Waals surface area contributed by atoms with Gasteiger partial charge in [0, 0.05) is 16.8 Å². The van der Waals surface area contributed by atoms with Gasteiger partial charge in [0.15, 0.2) is 5.58 Å². The highest BCUT2D eigenvalue weighted by molar-refractivity contribution is 7.12. The van der Waals surface area contributed by atoms with E-state index in [0.29, 0.717) is 5.58 Å². The van der Waals surface area contributed by atoms with Crippen LogP contribution in [0.4, 0.5) is 0 Å². The SMILES string of the molecule is Cc1ccc(C(O)c2ccc3c(c2)oc(=O)n3C)s1. The molecular weight excluding hydrogens is 262 g/mol. The maximum absolute atomic E-state index is 11.4. The van der Waals surface area contributed by atoms with Gasteiger partial charge in [-0.25, -0.2) is 4.79 Å². The Kier molecular flexibility index (Phi) is 2.80. The van der Waals surface area contributed by atoms with Crippen LogP contribution in [0.5, 0.6) is 0 Å². The molecular formula is C14H13NO3S. The quantitative estimate of drug-likeness (QED) is 0.782. The molecule has 98 valence electrons. The lowest BCUT2D eigenvalue weighted by Gasteiger charge is -2.08. The van der Waals surface area contributed by atoms with Gasteiger partial charge in [0.2, 0.25) is 0 Å². The summed E-state index contributed by atoms with van der Waals surface area (Å²) in [6.45, 7) is 2.00. The van der Waals surface area contributed by atoms with Crippen LogP contribution in [0.3, 0.4) is 0 Å². The standard InChI is InChI=1S/C14H13NO3S/c1-8-3-6-12(19-8)13(16)9-4-5-10-11(7-9)18-14(17)15(10)2/h3-7,13,16H,1-2H3. The lowest BCUT2D eigenvalue weighted by atomic mass is 10.1. The van der Waals surface area contributed by atoms with E-state index in [2.05, 4.69) is 0 Å². The molecule has 1 aromatic carbocycles. The van der Waals surface area contributed by atoms with Gasteiger partial charge in [-0.3, -0.25) is 4.57 Å². The van der Waals surface area contributed by atoms with Crippen molar-refractivity contribution >= 4 is 22.4 Å². The van der Waals surface area contributed by atoms with Gasteiger partial charge in [0.25, 0.3) is 0 Å². The zero-order chi connectivity index (χ0) is 13.6. The molecule has 3 rings (SSSR count). The van der Waals surface area contributed by atoms with E-state index in [-0.39, 0.29) is 0 Å². The van der Waals surface area contributed by atoms with E-state index in [1.54, 1.807) is 30.5 Å². The first-order chi connectivity index (χ1) is 9.06. The average Bonchev–Trinajstić information content (AvgIpc) is 2.94. The van der Waals surface area contributed by atoms with E-state index in [4.69, 9.17) is 4.42 Å². The van der Waals surface area contributed by atoms with Crippen molar-refractivity contribution in [3.05, 3.63) is 56.2 Å². The summed E-state index contributed by atoms with van der Waals surface area (Å²) in [5, 5.41) is 10.3.